The molecule has 0 spiro atoms. The van der Waals surface area contributed by atoms with Crippen LogP contribution in [0.3, 0.4) is 0 Å². The zero-order valence-corrected chi connectivity index (χ0v) is 71.5. The fraction of sp³-hybridized carbons (Fsp3) is 0.500. The van der Waals surface area contributed by atoms with Gasteiger partial charge in [0.1, 0.15) is 22.7 Å². The van der Waals surface area contributed by atoms with Gasteiger partial charge in [0.05, 0.1) is 32.7 Å². The van der Waals surface area contributed by atoms with Crippen molar-refractivity contribution in [2.45, 2.75) is 179 Å². The molecule has 4 unspecified atom stereocenters. The Morgan fingerprint density at radius 2 is 0.969 bits per heavy atom. The molecule has 0 aromatic heterocycles. The monoisotopic (exact) mass is 1660 g/mol. The third-order valence-electron chi connectivity index (χ3n) is 14.7. The molecule has 97 heavy (non-hydrogen) atoms. The maximum Gasteiger partial charge on any atom is 1.00 e. The molecule has 5 N–H and O–H groups in total. The van der Waals surface area contributed by atoms with Gasteiger partial charge in [0.25, 0.3) is 18.3 Å². The van der Waals surface area contributed by atoms with Crippen molar-refractivity contribution in [2.24, 2.45) is 0 Å². The molecule has 0 aliphatic carbocycles. The second-order valence-corrected chi connectivity index (χ2v) is 26.0. The first kappa shape index (κ1) is 87.0. The number of carboxylic acid groups (broad SMARTS) is 1. The average molecular weight is 1660 g/mol. The van der Waals surface area contributed by atoms with E-state index in [-0.39, 0.29) is 200 Å². The van der Waals surface area contributed by atoms with Crippen molar-refractivity contribution in [2.75, 3.05) is 33.1 Å². The van der Waals surface area contributed by atoms with E-state index in [4.69, 9.17) is 84.5 Å². The number of halogens is 4. The molecule has 6 atom stereocenters. The van der Waals surface area contributed by atoms with Gasteiger partial charge in [-0.3, -0.25) is 18.8 Å². The van der Waals surface area contributed by atoms with Crippen LogP contribution in [0.1, 0.15) is 142 Å². The summed E-state index contributed by atoms with van der Waals surface area (Å²) in [4.78, 5) is 111. The molecule has 4 aliphatic rings. The molecule has 0 saturated carbocycles. The largest absolute Gasteiger partial charge is 1.00 e. The Morgan fingerprint density at radius 1 is 0.608 bits per heavy atom. The van der Waals surface area contributed by atoms with Gasteiger partial charge >= 0.3 is 174 Å². The molecule has 0 radical (unpaired) electrons. The van der Waals surface area contributed by atoms with Crippen molar-refractivity contribution in [1.82, 2.24) is 31.1 Å². The summed E-state index contributed by atoms with van der Waals surface area (Å²) in [6.45, 7) is 17.1. The van der Waals surface area contributed by atoms with Gasteiger partial charge in [0, 0.05) is 46.3 Å². The third kappa shape index (κ3) is 30.5. The number of hydrogen-bond acceptors (Lipinski definition) is 18. The van der Waals surface area contributed by atoms with E-state index >= 15 is 0 Å². The van der Waals surface area contributed by atoms with E-state index in [1.807, 2.05) is 45.0 Å². The minimum atomic E-state index is -1.35. The predicted octanol–water partition coefficient (Wildman–Crippen LogP) is 4.38. The second kappa shape index (κ2) is 42.9. The quantitative estimate of drug-likeness (QED) is 0.0156. The summed E-state index contributed by atoms with van der Waals surface area (Å²) in [6.07, 6.45) is 3.98. The first-order chi connectivity index (χ1) is 45.1. The minimum Gasteiger partial charge on any atom is -1.00 e. The molecule has 4 heterocycles. The summed E-state index contributed by atoms with van der Waals surface area (Å²) in [6, 6.07) is 27.0. The second-order valence-electron chi connectivity index (χ2n) is 24.9. The summed E-state index contributed by atoms with van der Waals surface area (Å²) >= 11 is 17.1. The van der Waals surface area contributed by atoms with E-state index in [9.17, 15) is 42.7 Å². The molecule has 6 amide bonds. The number of alkyl halides is 2. The van der Waals surface area contributed by atoms with Crippen molar-refractivity contribution in [3.05, 3.63) is 129 Å². The fourth-order valence-electron chi connectivity index (χ4n) is 10.4. The number of carbonyl (C=O) groups excluding carboxylic acids is 8. The molecule has 4 fully saturated rings. The van der Waals surface area contributed by atoms with Crippen LogP contribution < -0.4 is 174 Å². The van der Waals surface area contributed by atoms with E-state index in [0.29, 0.717) is 65.0 Å². The Balaban J connectivity index is 0.000000754. The fourth-order valence-corrected chi connectivity index (χ4v) is 10.8. The Hall–Kier alpha value is -4.23. The number of hydrogen-bond donors (Lipinski definition) is 5. The number of carbonyl (C=O) groups is 9. The van der Waals surface area contributed by atoms with Gasteiger partial charge in [0.2, 0.25) is 6.79 Å². The Morgan fingerprint density at radius 3 is 1.31 bits per heavy atom. The Kier molecular flexibility index (Phi) is 38.5. The van der Waals surface area contributed by atoms with Crippen molar-refractivity contribution < 1.29 is 237 Å². The molecule has 4 saturated heterocycles. The summed E-state index contributed by atoms with van der Waals surface area (Å²) in [5.41, 5.74) is -0.708. The van der Waals surface area contributed by atoms with Crippen LogP contribution in [-0.4, -0.2) is 161 Å². The van der Waals surface area contributed by atoms with Crippen molar-refractivity contribution >= 4 is 89.4 Å². The van der Waals surface area contributed by atoms with E-state index in [0.717, 1.165) is 43.2 Å². The van der Waals surface area contributed by atoms with Gasteiger partial charge in [-0.05, 0) is 205 Å². The zero-order valence-electron chi connectivity index (χ0n) is 58.7. The number of ether oxygens (including phenoxy) is 7. The van der Waals surface area contributed by atoms with Crippen LogP contribution in [0.25, 0.3) is 0 Å². The van der Waals surface area contributed by atoms with Crippen molar-refractivity contribution in [1.29, 1.82) is 0 Å². The van der Waals surface area contributed by atoms with Crippen molar-refractivity contribution in [3.63, 3.8) is 0 Å². The van der Waals surface area contributed by atoms with Gasteiger partial charge in [-0.25, -0.2) is 28.8 Å². The average Bonchev–Trinajstić information content (AvgIpc) is 1.63. The zero-order chi connectivity index (χ0) is 71.6. The van der Waals surface area contributed by atoms with Gasteiger partial charge in [-0.15, -0.1) is 0 Å². The molecule has 4 bridgehead atoms. The number of esters is 1. The number of aliphatic carboxylic acids is 1. The van der Waals surface area contributed by atoms with Crippen LogP contribution >= 0.6 is 34.8 Å². The number of amides is 6. The van der Waals surface area contributed by atoms with Crippen LogP contribution in [0.15, 0.2) is 97.1 Å². The molecule has 4 aromatic rings. The maximum atomic E-state index is 12.8. The number of nitrogens with one attached hydrogen (secondary N) is 4. The van der Waals surface area contributed by atoms with E-state index in [1.165, 1.54) is 13.8 Å². The molecule has 8 rings (SSSR count). The topological polar surface area (TPSA) is 325 Å². The standard InChI is InChI=1S/C32H40ClN3O8.C19H20ClNO4.C13H21ClN2O4.CH3F.CH2O3.2Cs.H/c1-31(2,3)44-29(39)35-25-18-23-12-15-26(25)36(23)30(40)42-19-41-28(38)32(4,5)43-24-13-6-20(7-14-24)16-17-34-27(37)21-8-10-22(33)11-9-21;1-19(2,18(23)24)25-16-9-3-13(4-10-16)11-12-21-17(22)14-5-7-15(20)8-6-14;1-13(2,3)20-11(17)15-9-6-8-4-5-10(9)16(8)12(18)19-7-14;1-2;2-1-4-3;;;/h6-11,13-14,23,25-26H,12,15-19H2,1-5H3,(H,34,37)(H,35,39);3-10H,11-12H2,1-2H3,(H,21,22)(H,23,24);8-10H,4-7H2,1-3H3,(H,15,17);1H3;1,3H;;;/q;;;;;2*+1;-1/p-1/t23?,25-,26?;;8?,9-,10?;;;;;/m0.0...../s1/i;;;1D;;;;. The molecule has 25 nitrogen and oxygen atoms in total. The molecular formula is C66H86Cl3Cs2FN6O19. The third-order valence-corrected chi connectivity index (χ3v) is 15.3. The van der Waals surface area contributed by atoms with Crippen molar-refractivity contribution in [3.8, 4) is 11.5 Å². The van der Waals surface area contributed by atoms with Crippen LogP contribution in [-0.2, 0) is 55.8 Å². The molecule has 4 aliphatic heterocycles. The first-order valence-corrected chi connectivity index (χ1v) is 31.5. The number of benzene rings is 4. The number of carboxylic acids is 1. The van der Waals surface area contributed by atoms with Gasteiger partial charge in [-0.2, -0.15) is 0 Å². The first-order valence-electron chi connectivity index (χ1n) is 30.9. The molecule has 524 valence electrons. The smallest absolute Gasteiger partial charge is 1.00 e. The number of alkyl carbamates (subject to hydrolysis) is 2. The van der Waals surface area contributed by atoms with E-state index < -0.39 is 72.7 Å². The summed E-state index contributed by atoms with van der Waals surface area (Å²) in [5, 5.41) is 30.1. The Bertz CT molecular complexity index is 3220. The van der Waals surface area contributed by atoms with Crippen LogP contribution in [0, 0.1) is 0 Å². The van der Waals surface area contributed by atoms with Gasteiger partial charge < -0.3 is 80.9 Å². The number of nitrogens with zero attached hydrogens (tertiary/aromatic N) is 2. The summed E-state index contributed by atoms with van der Waals surface area (Å²) in [7, 11) is -1.00. The molecule has 31 heteroatoms. The SMILES string of the molecule is CC(C)(C)OC(=O)N[C@H]1CC2CCC1N2C(=O)OCCl.CC(C)(C)OC(=O)N[C@H]1CC2CCC1N2C(=O)OCOC(=O)C(C)(C)Oc1ccc(CCNC(=O)c2ccc(Cl)cc2)cc1.CC(C)(Oc1ccc(CCNC(=O)c2ccc(Cl)cc2)cc1)C(=O)O.O=CO[O-].[2H]CF.[Cs+].[Cs+].[H-]. The normalized spacial score (nSPS) is 17.8. The Labute approximate surface area is 700 Å². The number of fused-ring (bicyclic) bond motifs is 4. The summed E-state index contributed by atoms with van der Waals surface area (Å²) in [5.74, 6) is -1.12. The van der Waals surface area contributed by atoms with E-state index in [2.05, 4.69) is 26.2 Å². The van der Waals surface area contributed by atoms with Crippen LogP contribution in [0.2, 0.25) is 10.0 Å². The van der Waals surface area contributed by atoms with E-state index in [1.54, 1.807) is 117 Å². The summed E-state index contributed by atoms with van der Waals surface area (Å²) < 4.78 is 52.7. The van der Waals surface area contributed by atoms with Gasteiger partial charge in [0.15, 0.2) is 17.3 Å². The van der Waals surface area contributed by atoms with Gasteiger partial charge in [-0.1, -0.05) is 59.1 Å². The molecule has 4 aromatic carbocycles. The number of rotatable bonds is 20. The molecular weight excluding hydrogens is 1570 g/mol. The minimum absolute atomic E-state index is 0. The van der Waals surface area contributed by atoms with Crippen LogP contribution in [0.4, 0.5) is 23.6 Å². The van der Waals surface area contributed by atoms with Crippen LogP contribution in [0.5, 0.6) is 11.5 Å². The maximum absolute atomic E-state index is 12.8. The predicted molar refractivity (Wildman–Crippen MR) is 348 cm³/mol.